The predicted molar refractivity (Wildman–Crippen MR) is 76.7 cm³/mol. The molecule has 5 heteroatoms. The zero-order valence-corrected chi connectivity index (χ0v) is 11.8. The van der Waals surface area contributed by atoms with Crippen molar-refractivity contribution in [2.24, 2.45) is 0 Å². The minimum atomic E-state index is -0.737. The van der Waals surface area contributed by atoms with Gasteiger partial charge < -0.3 is 5.32 Å². The van der Waals surface area contributed by atoms with Crippen LogP contribution in [0.4, 0.5) is 14.5 Å². The van der Waals surface area contributed by atoms with Crippen molar-refractivity contribution in [2.45, 2.75) is 25.8 Å². The van der Waals surface area contributed by atoms with Crippen LogP contribution in [0.25, 0.3) is 0 Å². The zero-order valence-electron chi connectivity index (χ0n) is 11.0. The Hall–Kier alpha value is -1.93. The minimum Gasteiger partial charge on any atom is -0.373 e. The summed E-state index contributed by atoms with van der Waals surface area (Å²) >= 11 is 1.55. The molecular weight excluding hydrogens is 278 g/mol. The number of thiophene rings is 1. The third-order valence-electron chi connectivity index (χ3n) is 2.95. The van der Waals surface area contributed by atoms with Crippen molar-refractivity contribution >= 4 is 17.0 Å². The Morgan fingerprint density at radius 3 is 2.55 bits per heavy atom. The molecule has 0 aliphatic heterocycles. The molecule has 0 radical (unpaired) electrons. The summed E-state index contributed by atoms with van der Waals surface area (Å²) < 4.78 is 27.8. The fourth-order valence-electron chi connectivity index (χ4n) is 2.01. The van der Waals surface area contributed by atoms with Crippen LogP contribution in [0.15, 0.2) is 29.6 Å². The molecule has 1 aromatic heterocycles. The van der Waals surface area contributed by atoms with Gasteiger partial charge >= 0.3 is 0 Å². The standard InChI is InChI=1S/C15H14F2N2S/c1-2-4-13(14-5-3-6-20-14)19-15-11(16)7-10(9-18)8-12(15)17/h3,5-8,13,19H,2,4H2,1H3. The molecule has 104 valence electrons. The van der Waals surface area contributed by atoms with Crippen LogP contribution in [0.5, 0.6) is 0 Å². The van der Waals surface area contributed by atoms with E-state index < -0.39 is 11.6 Å². The van der Waals surface area contributed by atoms with E-state index in [0.29, 0.717) is 0 Å². The number of rotatable bonds is 5. The van der Waals surface area contributed by atoms with Crippen molar-refractivity contribution < 1.29 is 8.78 Å². The summed E-state index contributed by atoms with van der Waals surface area (Å²) in [6.07, 6.45) is 1.68. The van der Waals surface area contributed by atoms with Crippen molar-refractivity contribution in [2.75, 3.05) is 5.32 Å². The molecule has 0 saturated heterocycles. The Morgan fingerprint density at radius 1 is 1.35 bits per heavy atom. The first kappa shape index (κ1) is 14.5. The largest absolute Gasteiger partial charge is 0.373 e. The SMILES string of the molecule is CCCC(Nc1c(F)cc(C#N)cc1F)c1cccs1. The lowest BCUT2D eigenvalue weighted by atomic mass is 10.1. The Balaban J connectivity index is 2.30. The van der Waals surface area contributed by atoms with E-state index >= 15 is 0 Å². The second-order valence-electron chi connectivity index (χ2n) is 4.43. The van der Waals surface area contributed by atoms with Crippen LogP contribution in [0.2, 0.25) is 0 Å². The third kappa shape index (κ3) is 3.14. The molecule has 2 nitrogen and oxygen atoms in total. The van der Waals surface area contributed by atoms with E-state index in [2.05, 4.69) is 5.32 Å². The number of nitrogens with one attached hydrogen (secondary N) is 1. The van der Waals surface area contributed by atoms with E-state index in [4.69, 9.17) is 5.26 Å². The average Bonchev–Trinajstić information content (AvgIpc) is 2.95. The van der Waals surface area contributed by atoms with Crippen LogP contribution in [0.1, 0.15) is 36.2 Å². The monoisotopic (exact) mass is 292 g/mol. The van der Waals surface area contributed by atoms with Crippen LogP contribution in [-0.4, -0.2) is 0 Å². The van der Waals surface area contributed by atoms with Gasteiger partial charge in [-0.3, -0.25) is 0 Å². The zero-order chi connectivity index (χ0) is 14.5. The summed E-state index contributed by atoms with van der Waals surface area (Å²) in [5.41, 5.74) is -0.190. The maximum Gasteiger partial charge on any atom is 0.150 e. The van der Waals surface area contributed by atoms with E-state index in [1.807, 2.05) is 24.4 Å². The molecule has 0 amide bonds. The lowest BCUT2D eigenvalue weighted by molar-refractivity contribution is 0.577. The number of hydrogen-bond acceptors (Lipinski definition) is 3. The van der Waals surface area contributed by atoms with Crippen LogP contribution in [-0.2, 0) is 0 Å². The lowest BCUT2D eigenvalue weighted by Gasteiger charge is -2.19. The van der Waals surface area contributed by atoms with Gasteiger partial charge in [0.05, 0.1) is 17.7 Å². The molecule has 0 aliphatic carbocycles. The smallest absolute Gasteiger partial charge is 0.150 e. The molecule has 2 rings (SSSR count). The molecule has 20 heavy (non-hydrogen) atoms. The van der Waals surface area contributed by atoms with Crippen molar-refractivity contribution in [3.63, 3.8) is 0 Å². The van der Waals surface area contributed by atoms with E-state index in [9.17, 15) is 8.78 Å². The van der Waals surface area contributed by atoms with Crippen molar-refractivity contribution in [1.82, 2.24) is 0 Å². The number of anilines is 1. The van der Waals surface area contributed by atoms with Gasteiger partial charge in [-0.05, 0) is 30.0 Å². The third-order valence-corrected chi connectivity index (χ3v) is 3.94. The molecule has 1 N–H and O–H groups in total. The lowest BCUT2D eigenvalue weighted by Crippen LogP contribution is -2.12. The van der Waals surface area contributed by atoms with Crippen LogP contribution >= 0.6 is 11.3 Å². The van der Waals surface area contributed by atoms with Crippen LogP contribution < -0.4 is 5.32 Å². The average molecular weight is 292 g/mol. The highest BCUT2D eigenvalue weighted by Crippen LogP contribution is 2.30. The molecule has 0 fully saturated rings. The summed E-state index contributed by atoms with van der Waals surface area (Å²) in [4.78, 5) is 1.04. The molecule has 1 atom stereocenters. The highest BCUT2D eigenvalue weighted by Gasteiger charge is 2.17. The molecule has 1 heterocycles. The first-order valence-corrected chi connectivity index (χ1v) is 7.22. The van der Waals surface area contributed by atoms with Crippen molar-refractivity contribution in [1.29, 1.82) is 5.26 Å². The highest BCUT2D eigenvalue weighted by molar-refractivity contribution is 7.10. The summed E-state index contributed by atoms with van der Waals surface area (Å²) in [7, 11) is 0. The van der Waals surface area contributed by atoms with Gasteiger partial charge in [-0.1, -0.05) is 19.4 Å². The Labute approximate surface area is 120 Å². The number of halogens is 2. The summed E-state index contributed by atoms with van der Waals surface area (Å²) in [6, 6.07) is 7.55. The van der Waals surface area contributed by atoms with Crippen LogP contribution in [0, 0.1) is 23.0 Å². The van der Waals surface area contributed by atoms with Gasteiger partial charge in [0.25, 0.3) is 0 Å². The molecule has 1 unspecified atom stereocenters. The number of hydrogen-bond donors (Lipinski definition) is 1. The number of nitrogens with zero attached hydrogens (tertiary/aromatic N) is 1. The van der Waals surface area contributed by atoms with Gasteiger partial charge in [-0.2, -0.15) is 5.26 Å². The Bertz CT molecular complexity index is 594. The quantitative estimate of drug-likeness (QED) is 0.855. The Kier molecular flexibility index (Phi) is 4.70. The molecule has 0 spiro atoms. The molecule has 0 aliphatic rings. The molecule has 1 aromatic carbocycles. The van der Waals surface area contributed by atoms with E-state index in [1.165, 1.54) is 0 Å². The van der Waals surface area contributed by atoms with E-state index in [1.54, 1.807) is 17.4 Å². The Morgan fingerprint density at radius 2 is 2.05 bits per heavy atom. The summed E-state index contributed by atoms with van der Waals surface area (Å²) in [5, 5.41) is 13.5. The fourth-order valence-corrected chi connectivity index (χ4v) is 2.83. The first-order valence-electron chi connectivity index (χ1n) is 6.34. The van der Waals surface area contributed by atoms with Gasteiger partial charge in [-0.15, -0.1) is 11.3 Å². The molecule has 0 saturated carbocycles. The van der Waals surface area contributed by atoms with Gasteiger partial charge in [0.15, 0.2) is 11.6 Å². The van der Waals surface area contributed by atoms with Gasteiger partial charge in [0.1, 0.15) is 5.69 Å². The second kappa shape index (κ2) is 6.49. The topological polar surface area (TPSA) is 35.8 Å². The highest BCUT2D eigenvalue weighted by atomic mass is 32.1. The maximum atomic E-state index is 13.9. The predicted octanol–water partition coefficient (Wildman–Crippen LogP) is 4.85. The summed E-state index contributed by atoms with van der Waals surface area (Å²) in [5.74, 6) is -1.47. The van der Waals surface area contributed by atoms with Gasteiger partial charge in [-0.25, -0.2) is 8.78 Å². The van der Waals surface area contributed by atoms with Crippen molar-refractivity contribution in [3.8, 4) is 6.07 Å². The maximum absolute atomic E-state index is 13.9. The first-order chi connectivity index (χ1) is 9.65. The van der Waals surface area contributed by atoms with E-state index in [-0.39, 0.29) is 17.3 Å². The number of benzene rings is 1. The normalized spacial score (nSPS) is 11.9. The second-order valence-corrected chi connectivity index (χ2v) is 5.41. The van der Waals surface area contributed by atoms with Gasteiger partial charge in [0, 0.05) is 4.88 Å². The van der Waals surface area contributed by atoms with Crippen molar-refractivity contribution in [3.05, 3.63) is 51.7 Å². The summed E-state index contributed by atoms with van der Waals surface area (Å²) in [6.45, 7) is 2.02. The van der Waals surface area contributed by atoms with Crippen LogP contribution in [0.3, 0.4) is 0 Å². The minimum absolute atomic E-state index is 0.0197. The molecular formula is C15H14F2N2S. The van der Waals surface area contributed by atoms with E-state index in [0.717, 1.165) is 29.9 Å². The molecule has 0 bridgehead atoms. The molecule has 2 aromatic rings. The fraction of sp³-hybridized carbons (Fsp3) is 0.267. The number of nitriles is 1. The van der Waals surface area contributed by atoms with Gasteiger partial charge in [0.2, 0.25) is 0 Å².